The SMILES string of the molecule is C[C@]12OC[C@](CO)(O[C@H]1n1cnc3c(=O)[nH]c(N)nc31)[C@H]2O. The third-order valence-corrected chi connectivity index (χ3v) is 4.48. The molecule has 2 aliphatic heterocycles. The van der Waals surface area contributed by atoms with Crippen LogP contribution in [-0.2, 0) is 9.47 Å². The first-order chi connectivity index (χ1) is 10.4. The Bertz CT molecular complexity index is 818. The highest BCUT2D eigenvalue weighted by Crippen LogP contribution is 2.52. The quantitative estimate of drug-likeness (QED) is 0.503. The Hall–Kier alpha value is -2.01. The van der Waals surface area contributed by atoms with Crippen molar-refractivity contribution in [2.45, 2.75) is 30.5 Å². The lowest BCUT2D eigenvalue weighted by Gasteiger charge is -2.33. The molecule has 10 nitrogen and oxygen atoms in total. The molecule has 2 saturated heterocycles. The average molecular weight is 309 g/mol. The molecule has 2 aromatic heterocycles. The molecular weight excluding hydrogens is 294 g/mol. The van der Waals surface area contributed by atoms with Gasteiger partial charge in [0.15, 0.2) is 17.4 Å². The first-order valence-corrected chi connectivity index (χ1v) is 6.74. The number of aliphatic hydroxyl groups is 2. The molecule has 4 rings (SSSR count). The zero-order valence-corrected chi connectivity index (χ0v) is 11.7. The number of nitrogens with two attached hydrogens (primary N) is 1. The molecule has 2 aliphatic rings. The van der Waals surface area contributed by atoms with Crippen LogP contribution in [0, 0.1) is 0 Å². The first-order valence-electron chi connectivity index (χ1n) is 6.74. The number of hydrogen-bond acceptors (Lipinski definition) is 8. The zero-order valence-electron chi connectivity index (χ0n) is 11.7. The Morgan fingerprint density at radius 1 is 1.64 bits per heavy atom. The third kappa shape index (κ3) is 1.44. The number of imidazole rings is 1. The van der Waals surface area contributed by atoms with Gasteiger partial charge in [-0.25, -0.2) is 4.98 Å². The van der Waals surface area contributed by atoms with Gasteiger partial charge in [-0.15, -0.1) is 0 Å². The number of aromatic nitrogens is 4. The molecule has 4 atom stereocenters. The number of anilines is 1. The second kappa shape index (κ2) is 4.04. The highest BCUT2D eigenvalue weighted by molar-refractivity contribution is 5.70. The fourth-order valence-electron chi connectivity index (χ4n) is 3.22. The van der Waals surface area contributed by atoms with Crippen molar-refractivity contribution in [2.24, 2.45) is 0 Å². The minimum atomic E-state index is -1.19. The molecule has 0 aliphatic carbocycles. The lowest BCUT2D eigenvalue weighted by Crippen LogP contribution is -2.44. The Morgan fingerprint density at radius 2 is 2.41 bits per heavy atom. The molecule has 2 fully saturated rings. The van der Waals surface area contributed by atoms with Gasteiger partial charge in [0.25, 0.3) is 5.56 Å². The minimum Gasteiger partial charge on any atom is -0.393 e. The fourth-order valence-corrected chi connectivity index (χ4v) is 3.22. The van der Waals surface area contributed by atoms with Crippen LogP contribution in [-0.4, -0.2) is 60.3 Å². The van der Waals surface area contributed by atoms with Crippen LogP contribution in [0.5, 0.6) is 0 Å². The van der Waals surface area contributed by atoms with Crippen molar-refractivity contribution in [3.05, 3.63) is 16.7 Å². The van der Waals surface area contributed by atoms with Gasteiger partial charge in [0.1, 0.15) is 17.3 Å². The zero-order chi connectivity index (χ0) is 15.7. The molecule has 0 aromatic carbocycles. The lowest BCUT2D eigenvalue weighted by molar-refractivity contribution is -0.211. The summed E-state index contributed by atoms with van der Waals surface area (Å²) in [4.78, 5) is 22.3. The van der Waals surface area contributed by atoms with E-state index in [-0.39, 0.29) is 30.3 Å². The molecule has 2 aromatic rings. The van der Waals surface area contributed by atoms with Gasteiger partial charge in [0.05, 0.1) is 19.5 Å². The number of aromatic amines is 1. The monoisotopic (exact) mass is 309 g/mol. The molecule has 0 spiro atoms. The van der Waals surface area contributed by atoms with E-state index in [4.69, 9.17) is 15.2 Å². The number of rotatable bonds is 2. The van der Waals surface area contributed by atoms with Gasteiger partial charge in [-0.2, -0.15) is 4.98 Å². The highest BCUT2D eigenvalue weighted by Gasteiger charge is 2.68. The number of fused-ring (bicyclic) bond motifs is 3. The Kier molecular flexibility index (Phi) is 2.51. The number of hydrogen-bond donors (Lipinski definition) is 4. The van der Waals surface area contributed by atoms with Crippen molar-refractivity contribution in [3.8, 4) is 0 Å². The minimum absolute atomic E-state index is 0.0501. The molecule has 118 valence electrons. The van der Waals surface area contributed by atoms with Gasteiger partial charge < -0.3 is 25.4 Å². The summed E-state index contributed by atoms with van der Waals surface area (Å²) in [5.41, 5.74) is 3.16. The predicted octanol–water partition coefficient (Wildman–Crippen LogP) is -1.89. The van der Waals surface area contributed by atoms with E-state index in [2.05, 4.69) is 15.0 Å². The van der Waals surface area contributed by atoms with Crippen LogP contribution < -0.4 is 11.3 Å². The second-order valence-corrected chi connectivity index (χ2v) is 5.84. The van der Waals surface area contributed by atoms with Crippen LogP contribution in [0.4, 0.5) is 5.95 Å². The van der Waals surface area contributed by atoms with E-state index in [9.17, 15) is 15.0 Å². The van der Waals surface area contributed by atoms with Crippen LogP contribution in [0.1, 0.15) is 13.2 Å². The largest absolute Gasteiger partial charge is 0.393 e. The van der Waals surface area contributed by atoms with Gasteiger partial charge in [-0.1, -0.05) is 0 Å². The summed E-state index contributed by atoms with van der Waals surface area (Å²) >= 11 is 0. The number of nitrogens with zero attached hydrogens (tertiary/aromatic N) is 3. The molecule has 0 amide bonds. The Labute approximate surface area is 123 Å². The fraction of sp³-hybridized carbons (Fsp3) is 0.583. The maximum absolute atomic E-state index is 11.8. The van der Waals surface area contributed by atoms with Gasteiger partial charge in [0.2, 0.25) is 5.95 Å². The van der Waals surface area contributed by atoms with Crippen LogP contribution in [0.15, 0.2) is 11.1 Å². The summed E-state index contributed by atoms with van der Waals surface area (Å²) in [6.45, 7) is 1.37. The molecule has 5 N–H and O–H groups in total. The van der Waals surface area contributed by atoms with Crippen LogP contribution in [0.2, 0.25) is 0 Å². The third-order valence-electron chi connectivity index (χ3n) is 4.48. The molecule has 0 saturated carbocycles. The number of nitrogen functional groups attached to an aromatic ring is 1. The van der Waals surface area contributed by atoms with E-state index >= 15 is 0 Å². The van der Waals surface area contributed by atoms with Crippen molar-refractivity contribution >= 4 is 17.1 Å². The number of ether oxygens (including phenoxy) is 2. The summed E-state index contributed by atoms with van der Waals surface area (Å²) in [6, 6.07) is 0. The van der Waals surface area contributed by atoms with Gasteiger partial charge in [0, 0.05) is 0 Å². The van der Waals surface area contributed by atoms with Crippen LogP contribution in [0.3, 0.4) is 0 Å². The maximum atomic E-state index is 11.8. The molecular formula is C12H15N5O5. The van der Waals surface area contributed by atoms with E-state index in [0.717, 1.165) is 0 Å². The van der Waals surface area contributed by atoms with E-state index in [1.807, 2.05) is 0 Å². The first kappa shape index (κ1) is 13.6. The lowest BCUT2D eigenvalue weighted by atomic mass is 9.92. The number of aliphatic hydroxyl groups excluding tert-OH is 2. The molecule has 22 heavy (non-hydrogen) atoms. The van der Waals surface area contributed by atoms with Crippen LogP contribution >= 0.6 is 0 Å². The van der Waals surface area contributed by atoms with Crippen molar-refractivity contribution < 1.29 is 19.7 Å². The standard InChI is InChI=1S/C12H15N5O5/c1-11-8(20)12(2-18,3-21-11)22-9(11)17-4-14-5-6(17)15-10(13)16-7(5)19/h4,8-9,18,20H,2-3H2,1H3,(H3,13,15,16,19)/t8-,9+,11+,12-/m0/s1. The topological polar surface area (TPSA) is 149 Å². The smallest absolute Gasteiger partial charge is 0.280 e. The second-order valence-electron chi connectivity index (χ2n) is 5.84. The Balaban J connectivity index is 1.89. The van der Waals surface area contributed by atoms with Crippen LogP contribution in [0.25, 0.3) is 11.2 Å². The summed E-state index contributed by atoms with van der Waals surface area (Å²) in [7, 11) is 0. The summed E-state index contributed by atoms with van der Waals surface area (Å²) in [6.07, 6.45) is -0.432. The van der Waals surface area contributed by atoms with Crippen molar-refractivity contribution in [2.75, 3.05) is 18.9 Å². The molecule has 0 radical (unpaired) electrons. The normalized spacial score (nSPS) is 37.2. The average Bonchev–Trinajstić information content (AvgIpc) is 3.07. The van der Waals surface area contributed by atoms with Gasteiger partial charge in [-0.3, -0.25) is 14.3 Å². The summed E-state index contributed by atoms with van der Waals surface area (Å²) < 4.78 is 13.0. The van der Waals surface area contributed by atoms with Crippen molar-refractivity contribution in [3.63, 3.8) is 0 Å². The molecule has 2 bridgehead atoms. The summed E-state index contributed by atoms with van der Waals surface area (Å²) in [5, 5.41) is 20.0. The van der Waals surface area contributed by atoms with E-state index in [1.54, 1.807) is 6.92 Å². The summed E-state index contributed by atoms with van der Waals surface area (Å²) in [5.74, 6) is -0.0501. The van der Waals surface area contributed by atoms with Gasteiger partial charge in [-0.05, 0) is 6.92 Å². The van der Waals surface area contributed by atoms with Crippen molar-refractivity contribution in [1.29, 1.82) is 0 Å². The van der Waals surface area contributed by atoms with E-state index in [0.29, 0.717) is 0 Å². The maximum Gasteiger partial charge on any atom is 0.280 e. The predicted molar refractivity (Wildman–Crippen MR) is 72.9 cm³/mol. The van der Waals surface area contributed by atoms with E-state index < -0.39 is 29.1 Å². The number of H-pyrrole nitrogens is 1. The highest BCUT2D eigenvalue weighted by atomic mass is 16.7. The van der Waals surface area contributed by atoms with Gasteiger partial charge >= 0.3 is 0 Å². The van der Waals surface area contributed by atoms with E-state index in [1.165, 1.54) is 10.9 Å². The molecule has 10 heteroatoms. The van der Waals surface area contributed by atoms with Crippen molar-refractivity contribution in [1.82, 2.24) is 19.5 Å². The number of nitrogens with one attached hydrogen (secondary N) is 1. The Morgan fingerprint density at radius 3 is 3.09 bits per heavy atom. The molecule has 4 heterocycles. The molecule has 0 unspecified atom stereocenters.